The molecule has 1 aliphatic carbocycles. The van der Waals surface area contributed by atoms with Gasteiger partial charge in [-0.25, -0.2) is 0 Å². The summed E-state index contributed by atoms with van der Waals surface area (Å²) in [5, 5.41) is 0. The molecule has 0 amide bonds. The summed E-state index contributed by atoms with van der Waals surface area (Å²) in [6.07, 6.45) is 0.929. The zero-order valence-electron chi connectivity index (χ0n) is 10.3. The number of halogens is 1. The summed E-state index contributed by atoms with van der Waals surface area (Å²) in [5.41, 5.74) is 8.37. The first-order valence-corrected chi connectivity index (χ1v) is 7.10. The summed E-state index contributed by atoms with van der Waals surface area (Å²) in [4.78, 5) is 12.4. The molecular weight excluding hydrogens is 302 g/mol. The highest BCUT2D eigenvalue weighted by Gasteiger charge is 2.44. The summed E-state index contributed by atoms with van der Waals surface area (Å²) in [7, 11) is 0. The first-order chi connectivity index (χ1) is 9.16. The predicted octanol–water partition coefficient (Wildman–Crippen LogP) is 4.02. The summed E-state index contributed by atoms with van der Waals surface area (Å²) >= 11 is 3.36. The normalized spacial score (nSPS) is 21.1. The number of anilines is 1. The van der Waals surface area contributed by atoms with Crippen LogP contribution in [0.25, 0.3) is 0 Å². The van der Waals surface area contributed by atoms with E-state index in [1.807, 2.05) is 30.3 Å². The minimum absolute atomic E-state index is 0.0888. The van der Waals surface area contributed by atoms with Gasteiger partial charge in [0.1, 0.15) is 0 Å². The van der Waals surface area contributed by atoms with Gasteiger partial charge in [-0.1, -0.05) is 46.3 Å². The van der Waals surface area contributed by atoms with Gasteiger partial charge in [-0.05, 0) is 36.1 Å². The van der Waals surface area contributed by atoms with E-state index in [1.165, 1.54) is 5.56 Å². The lowest BCUT2D eigenvalue weighted by molar-refractivity contribution is 0.0966. The minimum Gasteiger partial charge on any atom is -0.398 e. The lowest BCUT2D eigenvalue weighted by atomic mass is 10.0. The molecule has 2 N–H and O–H groups in total. The van der Waals surface area contributed by atoms with Crippen LogP contribution in [0.5, 0.6) is 0 Å². The van der Waals surface area contributed by atoms with Crippen LogP contribution in [-0.2, 0) is 0 Å². The average Bonchev–Trinajstić information content (AvgIpc) is 3.19. The SMILES string of the molecule is Nc1cc(Br)ccc1C(=O)C1CC1c1ccccc1. The van der Waals surface area contributed by atoms with Crippen LogP contribution in [-0.4, -0.2) is 5.78 Å². The van der Waals surface area contributed by atoms with Crippen LogP contribution < -0.4 is 5.73 Å². The molecule has 19 heavy (non-hydrogen) atoms. The van der Waals surface area contributed by atoms with E-state index < -0.39 is 0 Å². The number of nitrogen functional groups attached to an aromatic ring is 1. The van der Waals surface area contributed by atoms with Crippen molar-refractivity contribution in [3.63, 3.8) is 0 Å². The molecule has 2 unspecified atom stereocenters. The monoisotopic (exact) mass is 315 g/mol. The smallest absolute Gasteiger partial charge is 0.168 e. The van der Waals surface area contributed by atoms with Crippen molar-refractivity contribution in [2.45, 2.75) is 12.3 Å². The maximum atomic E-state index is 12.4. The number of hydrogen-bond acceptors (Lipinski definition) is 2. The Morgan fingerprint density at radius 2 is 1.89 bits per heavy atom. The van der Waals surface area contributed by atoms with Crippen molar-refractivity contribution in [1.29, 1.82) is 0 Å². The van der Waals surface area contributed by atoms with Gasteiger partial charge in [-0.3, -0.25) is 4.79 Å². The third kappa shape index (κ3) is 2.43. The molecule has 0 saturated heterocycles. The van der Waals surface area contributed by atoms with E-state index in [2.05, 4.69) is 28.1 Å². The van der Waals surface area contributed by atoms with Gasteiger partial charge >= 0.3 is 0 Å². The molecule has 0 radical (unpaired) electrons. The van der Waals surface area contributed by atoms with Gasteiger partial charge in [0.25, 0.3) is 0 Å². The van der Waals surface area contributed by atoms with Crippen molar-refractivity contribution in [2.75, 3.05) is 5.73 Å². The van der Waals surface area contributed by atoms with Crippen molar-refractivity contribution >= 4 is 27.4 Å². The minimum atomic E-state index is 0.0888. The van der Waals surface area contributed by atoms with Crippen molar-refractivity contribution in [3.05, 3.63) is 64.1 Å². The lowest BCUT2D eigenvalue weighted by Crippen LogP contribution is -2.06. The summed E-state index contributed by atoms with van der Waals surface area (Å²) in [5.74, 6) is 0.612. The van der Waals surface area contributed by atoms with E-state index in [-0.39, 0.29) is 11.7 Å². The van der Waals surface area contributed by atoms with Gasteiger partial charge in [-0.2, -0.15) is 0 Å². The number of hydrogen-bond donors (Lipinski definition) is 1. The van der Waals surface area contributed by atoms with Crippen molar-refractivity contribution in [3.8, 4) is 0 Å². The molecule has 1 fully saturated rings. The van der Waals surface area contributed by atoms with E-state index >= 15 is 0 Å². The molecule has 0 spiro atoms. The second-order valence-electron chi connectivity index (χ2n) is 4.96. The first-order valence-electron chi connectivity index (χ1n) is 6.31. The van der Waals surface area contributed by atoms with Gasteiger partial charge < -0.3 is 5.73 Å². The molecule has 3 heteroatoms. The van der Waals surface area contributed by atoms with Crippen molar-refractivity contribution in [2.24, 2.45) is 5.92 Å². The van der Waals surface area contributed by atoms with Crippen LogP contribution in [0.4, 0.5) is 5.69 Å². The number of nitrogens with two attached hydrogens (primary N) is 1. The first kappa shape index (κ1) is 12.4. The van der Waals surface area contributed by atoms with Crippen LogP contribution in [0.15, 0.2) is 53.0 Å². The van der Waals surface area contributed by atoms with Crippen LogP contribution >= 0.6 is 15.9 Å². The molecule has 2 aromatic rings. The largest absolute Gasteiger partial charge is 0.398 e. The van der Waals surface area contributed by atoms with E-state index in [9.17, 15) is 4.79 Å². The molecule has 0 aliphatic heterocycles. The molecule has 2 aromatic carbocycles. The molecule has 2 nitrogen and oxygen atoms in total. The average molecular weight is 316 g/mol. The third-order valence-electron chi connectivity index (χ3n) is 3.63. The standard InChI is InChI=1S/C16H14BrNO/c17-11-6-7-12(15(18)8-11)16(19)14-9-13(14)10-4-2-1-3-5-10/h1-8,13-14H,9,18H2. The number of rotatable bonds is 3. The van der Waals surface area contributed by atoms with Crippen molar-refractivity contribution < 1.29 is 4.79 Å². The topological polar surface area (TPSA) is 43.1 Å². The predicted molar refractivity (Wildman–Crippen MR) is 80.2 cm³/mol. The van der Waals surface area contributed by atoms with E-state index in [0.29, 0.717) is 17.2 Å². The number of carbonyl (C=O) groups is 1. The second kappa shape index (κ2) is 4.82. The van der Waals surface area contributed by atoms with E-state index in [4.69, 9.17) is 5.73 Å². The fourth-order valence-corrected chi connectivity index (χ4v) is 2.89. The Labute approximate surface area is 120 Å². The quantitative estimate of drug-likeness (QED) is 0.686. The van der Waals surface area contributed by atoms with Crippen LogP contribution in [0, 0.1) is 5.92 Å². The van der Waals surface area contributed by atoms with Gasteiger partial charge in [-0.15, -0.1) is 0 Å². The van der Waals surface area contributed by atoms with E-state index in [0.717, 1.165) is 10.9 Å². The lowest BCUT2D eigenvalue weighted by Gasteiger charge is -2.05. The number of ketones is 1. The number of Topliss-reactive ketones (excluding diaryl/α,β-unsaturated/α-hetero) is 1. The molecule has 96 valence electrons. The molecule has 0 bridgehead atoms. The summed E-state index contributed by atoms with van der Waals surface area (Å²) < 4.78 is 0.900. The Morgan fingerprint density at radius 3 is 2.58 bits per heavy atom. The highest BCUT2D eigenvalue weighted by molar-refractivity contribution is 9.10. The Hall–Kier alpha value is -1.61. The zero-order valence-corrected chi connectivity index (χ0v) is 11.9. The molecule has 1 aliphatic rings. The van der Waals surface area contributed by atoms with E-state index in [1.54, 1.807) is 6.07 Å². The van der Waals surface area contributed by atoms with Gasteiger partial charge in [0, 0.05) is 21.6 Å². The molecule has 0 heterocycles. The maximum Gasteiger partial charge on any atom is 0.168 e. The van der Waals surface area contributed by atoms with Crippen LogP contribution in [0.2, 0.25) is 0 Å². The van der Waals surface area contributed by atoms with Gasteiger partial charge in [0.05, 0.1) is 0 Å². The Balaban J connectivity index is 1.80. The fraction of sp³-hybridized carbons (Fsp3) is 0.188. The molecular formula is C16H14BrNO. The summed E-state index contributed by atoms with van der Waals surface area (Å²) in [6.45, 7) is 0. The molecule has 3 rings (SSSR count). The summed E-state index contributed by atoms with van der Waals surface area (Å²) in [6, 6.07) is 15.7. The highest BCUT2D eigenvalue weighted by Crippen LogP contribution is 2.49. The highest BCUT2D eigenvalue weighted by atomic mass is 79.9. The molecule has 0 aromatic heterocycles. The number of carbonyl (C=O) groups excluding carboxylic acids is 1. The molecule has 2 atom stereocenters. The fourth-order valence-electron chi connectivity index (χ4n) is 2.51. The second-order valence-corrected chi connectivity index (χ2v) is 5.87. The van der Waals surface area contributed by atoms with Crippen LogP contribution in [0.1, 0.15) is 28.3 Å². The maximum absolute atomic E-state index is 12.4. The number of benzene rings is 2. The third-order valence-corrected chi connectivity index (χ3v) is 4.13. The van der Waals surface area contributed by atoms with Gasteiger partial charge in [0.2, 0.25) is 0 Å². The van der Waals surface area contributed by atoms with Crippen molar-refractivity contribution in [1.82, 2.24) is 0 Å². The Bertz CT molecular complexity index is 624. The zero-order chi connectivity index (χ0) is 13.4. The Morgan fingerprint density at radius 1 is 1.16 bits per heavy atom. The Kier molecular flexibility index (Phi) is 3.15. The van der Waals surface area contributed by atoms with Gasteiger partial charge in [0.15, 0.2) is 5.78 Å². The molecule has 1 saturated carbocycles. The van der Waals surface area contributed by atoms with Crippen LogP contribution in [0.3, 0.4) is 0 Å².